The highest BCUT2D eigenvalue weighted by Gasteiger charge is 2.06. The second-order valence-electron chi connectivity index (χ2n) is 4.65. The van der Waals surface area contributed by atoms with Gasteiger partial charge in [-0.2, -0.15) is 0 Å². The number of aromatic carboxylic acids is 2. The second kappa shape index (κ2) is 10.1. The summed E-state index contributed by atoms with van der Waals surface area (Å²) in [5.41, 5.74) is 4.46. The summed E-state index contributed by atoms with van der Waals surface area (Å²) in [6.45, 7) is 0. The fourth-order valence-corrected chi connectivity index (χ4v) is 2.22. The molecule has 0 aliphatic carbocycles. The van der Waals surface area contributed by atoms with Crippen molar-refractivity contribution in [3.8, 4) is 0 Å². The first-order chi connectivity index (χ1) is 12.0. The standard InChI is InChI=1S/C10H7Cl.C8H6O4.CH5N/c11-10-7-3-5-8-4-1-2-6-9(8)10;9-7(10)5-2-1-3-6(4-5)8(11)12;1-2/h1-7H;1-4H,(H,9,10)(H,11,12);2H2,1H3. The largest absolute Gasteiger partial charge is 0.478 e. The van der Waals surface area contributed by atoms with Crippen LogP contribution >= 0.6 is 11.6 Å². The summed E-state index contributed by atoms with van der Waals surface area (Å²) in [4.78, 5) is 20.8. The zero-order valence-corrected chi connectivity index (χ0v) is 14.3. The lowest BCUT2D eigenvalue weighted by atomic mass is 10.1. The normalized spacial score (nSPS) is 9.24. The van der Waals surface area contributed by atoms with Crippen molar-refractivity contribution in [1.29, 1.82) is 0 Å². The highest BCUT2D eigenvalue weighted by Crippen LogP contribution is 2.22. The molecular weight excluding hydrogens is 342 g/mol. The number of rotatable bonds is 2. The molecule has 0 unspecified atom stereocenters. The Morgan fingerprint density at radius 1 is 0.800 bits per heavy atom. The van der Waals surface area contributed by atoms with Gasteiger partial charge in [0.05, 0.1) is 11.1 Å². The Balaban J connectivity index is 0.000000228. The average molecular weight is 360 g/mol. The van der Waals surface area contributed by atoms with Gasteiger partial charge in [-0.15, -0.1) is 0 Å². The van der Waals surface area contributed by atoms with Gasteiger partial charge < -0.3 is 15.9 Å². The highest BCUT2D eigenvalue weighted by atomic mass is 35.5. The molecule has 3 rings (SSSR count). The predicted molar refractivity (Wildman–Crippen MR) is 99.4 cm³/mol. The Hall–Kier alpha value is -2.89. The molecule has 6 heteroatoms. The van der Waals surface area contributed by atoms with Crippen LogP contribution in [0.1, 0.15) is 20.7 Å². The molecule has 0 saturated heterocycles. The molecule has 0 saturated carbocycles. The van der Waals surface area contributed by atoms with Crippen molar-refractivity contribution >= 4 is 34.3 Å². The van der Waals surface area contributed by atoms with Crippen LogP contribution in [0.2, 0.25) is 5.02 Å². The summed E-state index contributed by atoms with van der Waals surface area (Å²) >= 11 is 5.96. The van der Waals surface area contributed by atoms with Gasteiger partial charge in [0.1, 0.15) is 0 Å². The molecule has 0 atom stereocenters. The highest BCUT2D eigenvalue weighted by molar-refractivity contribution is 6.35. The first kappa shape index (κ1) is 20.2. The molecule has 0 amide bonds. The molecule has 0 bridgehead atoms. The molecule has 3 aromatic rings. The zero-order valence-electron chi connectivity index (χ0n) is 13.5. The van der Waals surface area contributed by atoms with Crippen LogP contribution in [0, 0.1) is 0 Å². The Morgan fingerprint density at radius 3 is 1.80 bits per heavy atom. The summed E-state index contributed by atoms with van der Waals surface area (Å²) in [6.07, 6.45) is 0. The number of carboxylic acids is 2. The number of benzene rings is 3. The van der Waals surface area contributed by atoms with E-state index >= 15 is 0 Å². The van der Waals surface area contributed by atoms with Gasteiger partial charge in [0.25, 0.3) is 0 Å². The van der Waals surface area contributed by atoms with Crippen LogP contribution in [0.3, 0.4) is 0 Å². The molecule has 0 radical (unpaired) electrons. The van der Waals surface area contributed by atoms with E-state index in [1.54, 1.807) is 0 Å². The molecule has 0 fully saturated rings. The van der Waals surface area contributed by atoms with Crippen molar-refractivity contribution in [3.63, 3.8) is 0 Å². The van der Waals surface area contributed by atoms with E-state index < -0.39 is 11.9 Å². The van der Waals surface area contributed by atoms with Crippen LogP contribution in [0.4, 0.5) is 0 Å². The summed E-state index contributed by atoms with van der Waals surface area (Å²) in [5.74, 6) is -2.25. The van der Waals surface area contributed by atoms with E-state index in [1.165, 1.54) is 30.6 Å². The third-order valence-corrected chi connectivity index (χ3v) is 3.42. The van der Waals surface area contributed by atoms with E-state index in [2.05, 4.69) is 17.9 Å². The number of fused-ring (bicyclic) bond motifs is 1. The Morgan fingerprint density at radius 2 is 1.28 bits per heavy atom. The smallest absolute Gasteiger partial charge is 0.335 e. The molecule has 130 valence electrons. The monoisotopic (exact) mass is 359 g/mol. The lowest BCUT2D eigenvalue weighted by Gasteiger charge is -1.97. The minimum atomic E-state index is -1.13. The second-order valence-corrected chi connectivity index (χ2v) is 5.06. The summed E-state index contributed by atoms with van der Waals surface area (Å²) in [5, 5.41) is 20.1. The lowest BCUT2D eigenvalue weighted by Crippen LogP contribution is -2.01. The van der Waals surface area contributed by atoms with Crippen molar-refractivity contribution in [3.05, 3.63) is 82.9 Å². The quantitative estimate of drug-likeness (QED) is 0.638. The van der Waals surface area contributed by atoms with E-state index in [0.717, 1.165) is 16.5 Å². The minimum Gasteiger partial charge on any atom is -0.478 e. The van der Waals surface area contributed by atoms with E-state index in [9.17, 15) is 9.59 Å². The Kier molecular flexibility index (Phi) is 8.12. The van der Waals surface area contributed by atoms with E-state index in [1.807, 2.05) is 30.3 Å². The van der Waals surface area contributed by atoms with Gasteiger partial charge in [-0.05, 0) is 36.7 Å². The predicted octanol–water partition coefficient (Wildman–Crippen LogP) is 4.15. The topological polar surface area (TPSA) is 101 Å². The van der Waals surface area contributed by atoms with Crippen molar-refractivity contribution < 1.29 is 19.8 Å². The van der Waals surface area contributed by atoms with Crippen molar-refractivity contribution in [2.75, 3.05) is 7.05 Å². The zero-order chi connectivity index (χ0) is 18.8. The summed E-state index contributed by atoms with van der Waals surface area (Å²) < 4.78 is 0. The van der Waals surface area contributed by atoms with Crippen molar-refractivity contribution in [2.24, 2.45) is 5.73 Å². The first-order valence-electron chi connectivity index (χ1n) is 7.26. The molecule has 3 aromatic carbocycles. The van der Waals surface area contributed by atoms with Crippen molar-refractivity contribution in [2.45, 2.75) is 0 Å². The molecule has 0 spiro atoms. The van der Waals surface area contributed by atoms with Gasteiger partial charge in [-0.25, -0.2) is 9.59 Å². The molecule has 4 N–H and O–H groups in total. The third-order valence-electron chi connectivity index (χ3n) is 3.09. The van der Waals surface area contributed by atoms with Crippen molar-refractivity contribution in [1.82, 2.24) is 0 Å². The molecule has 5 nitrogen and oxygen atoms in total. The molecule has 0 heterocycles. The fraction of sp³-hybridized carbons (Fsp3) is 0.0526. The van der Waals surface area contributed by atoms with Gasteiger partial charge in [0.2, 0.25) is 0 Å². The van der Waals surface area contributed by atoms with Gasteiger partial charge in [-0.1, -0.05) is 54.1 Å². The average Bonchev–Trinajstić information content (AvgIpc) is 2.64. The van der Waals surface area contributed by atoms with E-state index in [0.29, 0.717) is 0 Å². The van der Waals surface area contributed by atoms with Crippen LogP contribution in [0.5, 0.6) is 0 Å². The van der Waals surface area contributed by atoms with Gasteiger partial charge in [0.15, 0.2) is 0 Å². The maximum Gasteiger partial charge on any atom is 0.335 e. The molecule has 0 aliphatic heterocycles. The number of carbonyl (C=O) groups is 2. The molecule has 0 aliphatic rings. The maximum absolute atomic E-state index is 10.4. The maximum atomic E-state index is 10.4. The summed E-state index contributed by atoms with van der Waals surface area (Å²) in [7, 11) is 1.50. The van der Waals surface area contributed by atoms with Gasteiger partial charge in [-0.3, -0.25) is 0 Å². The number of halogens is 1. The number of hydrogen-bond donors (Lipinski definition) is 3. The fourth-order valence-electron chi connectivity index (χ4n) is 1.97. The number of nitrogens with two attached hydrogens (primary N) is 1. The van der Waals surface area contributed by atoms with Crippen LogP contribution in [0.25, 0.3) is 10.8 Å². The van der Waals surface area contributed by atoms with Gasteiger partial charge >= 0.3 is 11.9 Å². The number of hydrogen-bond acceptors (Lipinski definition) is 3. The summed E-state index contributed by atoms with van der Waals surface area (Å²) in [6, 6.07) is 19.2. The molecular formula is C19H18ClNO4. The Bertz CT molecular complexity index is 830. The van der Waals surface area contributed by atoms with Crippen LogP contribution < -0.4 is 5.73 Å². The Labute approximate surface area is 150 Å². The van der Waals surface area contributed by atoms with Crippen LogP contribution in [-0.2, 0) is 0 Å². The lowest BCUT2D eigenvalue weighted by molar-refractivity contribution is 0.0696. The first-order valence-corrected chi connectivity index (χ1v) is 7.64. The van der Waals surface area contributed by atoms with E-state index in [-0.39, 0.29) is 11.1 Å². The van der Waals surface area contributed by atoms with Crippen LogP contribution in [0.15, 0.2) is 66.7 Å². The minimum absolute atomic E-state index is 0.0186. The third kappa shape index (κ3) is 5.91. The number of carboxylic acid groups (broad SMARTS) is 2. The molecule has 0 aromatic heterocycles. The van der Waals surface area contributed by atoms with Crippen LogP contribution in [-0.4, -0.2) is 29.2 Å². The van der Waals surface area contributed by atoms with E-state index in [4.69, 9.17) is 21.8 Å². The molecule has 25 heavy (non-hydrogen) atoms. The van der Waals surface area contributed by atoms with Gasteiger partial charge in [0, 0.05) is 10.4 Å². The SMILES string of the molecule is CN.Clc1cccc2ccccc12.O=C(O)c1cccc(C(=O)O)c1.